The Kier molecular flexibility index (Phi) is 4.73. The summed E-state index contributed by atoms with van der Waals surface area (Å²) in [6.45, 7) is -0.633. The number of nitrogens with zero attached hydrogens (tertiary/aromatic N) is 2. The van der Waals surface area contributed by atoms with Gasteiger partial charge in [0, 0.05) is 5.71 Å². The molecule has 25 heavy (non-hydrogen) atoms. The summed E-state index contributed by atoms with van der Waals surface area (Å²) in [4.78, 5) is 12.3. The number of fused-ring (bicyclic) bond motifs is 1. The van der Waals surface area contributed by atoms with Crippen molar-refractivity contribution in [2.75, 3.05) is 6.61 Å². The molecule has 1 saturated carbocycles. The van der Waals surface area contributed by atoms with E-state index in [4.69, 9.17) is 4.74 Å². The van der Waals surface area contributed by atoms with Crippen LogP contribution >= 0.6 is 0 Å². The number of halogens is 3. The van der Waals surface area contributed by atoms with Gasteiger partial charge in [-0.1, -0.05) is 31.0 Å². The second-order valence-corrected chi connectivity index (χ2v) is 6.27. The number of alkyl halides is 3. The number of aliphatic hydroxyl groups is 1. The summed E-state index contributed by atoms with van der Waals surface area (Å²) in [7, 11) is 0. The van der Waals surface area contributed by atoms with Crippen molar-refractivity contribution in [3.8, 4) is 5.75 Å². The SMILES string of the molecule is O=C(COc1ccccc1)N1N=C2CCCCCC2C1(O)C(F)(F)F. The predicted octanol–water partition coefficient (Wildman–Crippen LogP) is 3.09. The van der Waals surface area contributed by atoms with Crippen LogP contribution in [0.1, 0.15) is 32.1 Å². The number of amides is 1. The minimum Gasteiger partial charge on any atom is -0.484 e. The molecule has 8 heteroatoms. The Balaban J connectivity index is 1.83. The summed E-state index contributed by atoms with van der Waals surface area (Å²) in [5.74, 6) is -1.88. The fourth-order valence-electron chi connectivity index (χ4n) is 3.36. The first kappa shape index (κ1) is 17.7. The van der Waals surface area contributed by atoms with E-state index >= 15 is 0 Å². The normalized spacial score (nSPS) is 26.6. The first-order valence-corrected chi connectivity index (χ1v) is 8.21. The topological polar surface area (TPSA) is 62.1 Å². The first-order valence-electron chi connectivity index (χ1n) is 8.21. The van der Waals surface area contributed by atoms with E-state index in [0.717, 1.165) is 6.42 Å². The van der Waals surface area contributed by atoms with Crippen LogP contribution < -0.4 is 4.74 Å². The monoisotopic (exact) mass is 356 g/mol. The molecule has 1 aromatic carbocycles. The smallest absolute Gasteiger partial charge is 0.439 e. The Labute approximate surface area is 143 Å². The maximum Gasteiger partial charge on any atom is 0.439 e. The number of para-hydroxylation sites is 1. The van der Waals surface area contributed by atoms with Crippen molar-refractivity contribution < 1.29 is 27.8 Å². The molecule has 3 rings (SSSR count). The Morgan fingerprint density at radius 3 is 2.68 bits per heavy atom. The molecule has 1 N–H and O–H groups in total. The van der Waals surface area contributed by atoms with E-state index in [1.54, 1.807) is 30.3 Å². The number of hydrazone groups is 1. The minimum absolute atomic E-state index is 0.151. The lowest BCUT2D eigenvalue weighted by Gasteiger charge is -2.37. The maximum absolute atomic E-state index is 13.7. The third kappa shape index (κ3) is 3.22. The summed E-state index contributed by atoms with van der Waals surface area (Å²) >= 11 is 0. The van der Waals surface area contributed by atoms with Crippen molar-refractivity contribution in [3.63, 3.8) is 0 Å². The van der Waals surface area contributed by atoms with Crippen molar-refractivity contribution in [1.29, 1.82) is 0 Å². The molecule has 1 heterocycles. The largest absolute Gasteiger partial charge is 0.484 e. The molecular formula is C17H19F3N2O3. The lowest BCUT2D eigenvalue weighted by atomic mass is 9.87. The summed E-state index contributed by atoms with van der Waals surface area (Å²) < 4.78 is 46.2. The van der Waals surface area contributed by atoms with Crippen molar-refractivity contribution in [3.05, 3.63) is 30.3 Å². The van der Waals surface area contributed by atoms with Gasteiger partial charge in [-0.15, -0.1) is 0 Å². The third-order valence-corrected chi connectivity index (χ3v) is 4.62. The maximum atomic E-state index is 13.7. The first-order chi connectivity index (χ1) is 11.8. The highest BCUT2D eigenvalue weighted by Gasteiger charge is 2.68. The molecule has 0 saturated heterocycles. The Bertz CT molecular complexity index is 663. The minimum atomic E-state index is -5.00. The highest BCUT2D eigenvalue weighted by Crippen LogP contribution is 2.47. The summed E-state index contributed by atoms with van der Waals surface area (Å²) in [5, 5.41) is 14.5. The van der Waals surface area contributed by atoms with Gasteiger partial charge in [-0.05, 0) is 31.4 Å². The van der Waals surface area contributed by atoms with Gasteiger partial charge in [0.15, 0.2) is 6.61 Å². The highest BCUT2D eigenvalue weighted by molar-refractivity contribution is 5.93. The summed E-state index contributed by atoms with van der Waals surface area (Å²) in [5.41, 5.74) is -3.06. The lowest BCUT2D eigenvalue weighted by Crippen LogP contribution is -2.61. The summed E-state index contributed by atoms with van der Waals surface area (Å²) in [6, 6.07) is 8.28. The number of hydrogen-bond acceptors (Lipinski definition) is 4. The van der Waals surface area contributed by atoms with Gasteiger partial charge in [0.1, 0.15) is 5.75 Å². The van der Waals surface area contributed by atoms with Crippen LogP contribution in [0.3, 0.4) is 0 Å². The highest BCUT2D eigenvalue weighted by atomic mass is 19.4. The van der Waals surface area contributed by atoms with Gasteiger partial charge in [-0.3, -0.25) is 4.79 Å². The molecule has 0 spiro atoms. The van der Waals surface area contributed by atoms with Crippen LogP contribution in [-0.4, -0.2) is 40.2 Å². The third-order valence-electron chi connectivity index (χ3n) is 4.62. The zero-order chi connectivity index (χ0) is 18.1. The zero-order valence-corrected chi connectivity index (χ0v) is 13.5. The zero-order valence-electron chi connectivity index (χ0n) is 13.5. The second-order valence-electron chi connectivity index (χ2n) is 6.27. The van der Waals surface area contributed by atoms with Crippen LogP contribution in [-0.2, 0) is 4.79 Å². The fraction of sp³-hybridized carbons (Fsp3) is 0.529. The molecule has 2 atom stereocenters. The molecular weight excluding hydrogens is 337 g/mol. The number of rotatable bonds is 3. The van der Waals surface area contributed by atoms with E-state index in [2.05, 4.69) is 5.10 Å². The molecule has 2 unspecified atom stereocenters. The standard InChI is InChI=1S/C17H19F3N2O3/c18-17(19,20)16(24)13-9-5-2-6-10-14(13)21-22(16)15(23)11-25-12-7-3-1-4-8-12/h1,3-4,7-8,13,24H,2,5-6,9-11H2. The fourth-order valence-corrected chi connectivity index (χ4v) is 3.36. The number of hydrogen-bond donors (Lipinski definition) is 1. The molecule has 1 aliphatic carbocycles. The van der Waals surface area contributed by atoms with Crippen LogP contribution in [0.15, 0.2) is 35.4 Å². The van der Waals surface area contributed by atoms with Gasteiger partial charge >= 0.3 is 6.18 Å². The Hall–Kier alpha value is -2.09. The van der Waals surface area contributed by atoms with E-state index < -0.39 is 30.3 Å². The number of benzene rings is 1. The van der Waals surface area contributed by atoms with Crippen molar-refractivity contribution in [1.82, 2.24) is 5.01 Å². The lowest BCUT2D eigenvalue weighted by molar-refractivity contribution is -0.317. The van der Waals surface area contributed by atoms with E-state index in [9.17, 15) is 23.1 Å². The molecule has 2 aliphatic rings. The van der Waals surface area contributed by atoms with Crippen LogP contribution in [0, 0.1) is 5.92 Å². The average Bonchev–Trinajstić information content (AvgIpc) is 2.74. The molecule has 0 radical (unpaired) electrons. The van der Waals surface area contributed by atoms with Gasteiger partial charge in [-0.25, -0.2) is 0 Å². The van der Waals surface area contributed by atoms with Gasteiger partial charge in [0.2, 0.25) is 0 Å². The van der Waals surface area contributed by atoms with Crippen LogP contribution in [0.4, 0.5) is 13.2 Å². The molecule has 0 aromatic heterocycles. The van der Waals surface area contributed by atoms with Crippen molar-refractivity contribution >= 4 is 11.6 Å². The van der Waals surface area contributed by atoms with E-state index in [1.807, 2.05) is 0 Å². The van der Waals surface area contributed by atoms with E-state index in [0.29, 0.717) is 25.0 Å². The second kappa shape index (κ2) is 6.67. The number of carbonyl (C=O) groups excluding carboxylic acids is 1. The van der Waals surface area contributed by atoms with Gasteiger partial charge < -0.3 is 9.84 Å². The van der Waals surface area contributed by atoms with Gasteiger partial charge in [0.25, 0.3) is 11.6 Å². The van der Waals surface area contributed by atoms with Crippen molar-refractivity contribution in [2.45, 2.75) is 44.0 Å². The quantitative estimate of drug-likeness (QED) is 0.905. The number of carbonyl (C=O) groups is 1. The molecule has 1 amide bonds. The predicted molar refractivity (Wildman–Crippen MR) is 83.8 cm³/mol. The van der Waals surface area contributed by atoms with Crippen LogP contribution in [0.5, 0.6) is 5.75 Å². The molecule has 0 bridgehead atoms. The average molecular weight is 356 g/mol. The molecule has 136 valence electrons. The van der Waals surface area contributed by atoms with E-state index in [1.165, 1.54) is 0 Å². The molecule has 1 fully saturated rings. The van der Waals surface area contributed by atoms with Crippen LogP contribution in [0.2, 0.25) is 0 Å². The number of ether oxygens (including phenoxy) is 1. The van der Waals surface area contributed by atoms with Gasteiger partial charge in [0.05, 0.1) is 5.92 Å². The molecule has 1 aromatic rings. The van der Waals surface area contributed by atoms with Gasteiger partial charge in [-0.2, -0.15) is 23.3 Å². The molecule has 5 nitrogen and oxygen atoms in total. The Morgan fingerprint density at radius 2 is 2.00 bits per heavy atom. The summed E-state index contributed by atoms with van der Waals surface area (Å²) in [6.07, 6.45) is -2.45. The Morgan fingerprint density at radius 1 is 1.28 bits per heavy atom. The van der Waals surface area contributed by atoms with Crippen molar-refractivity contribution in [2.24, 2.45) is 11.0 Å². The van der Waals surface area contributed by atoms with E-state index in [-0.39, 0.29) is 17.1 Å². The van der Waals surface area contributed by atoms with Crippen LogP contribution in [0.25, 0.3) is 0 Å². The molecule has 1 aliphatic heterocycles.